The standard InChI is InChI=1S/C15H13ClFN3/c1-20-14-5-2-9(8-18)6-13(14)19-15(20)11-7-10(16)3-4-12(11)17/h2-7H,8,18H2,1H3. The molecule has 0 radical (unpaired) electrons. The summed E-state index contributed by atoms with van der Waals surface area (Å²) in [5.74, 6) is 0.209. The zero-order valence-corrected chi connectivity index (χ0v) is 11.7. The molecule has 0 fully saturated rings. The van der Waals surface area contributed by atoms with Crippen LogP contribution >= 0.6 is 11.6 Å². The van der Waals surface area contributed by atoms with Gasteiger partial charge < -0.3 is 10.3 Å². The van der Waals surface area contributed by atoms with E-state index in [4.69, 9.17) is 17.3 Å². The lowest BCUT2D eigenvalue weighted by Gasteiger charge is -2.04. The third kappa shape index (κ3) is 2.07. The lowest BCUT2D eigenvalue weighted by molar-refractivity contribution is 0.629. The van der Waals surface area contributed by atoms with Gasteiger partial charge in [-0.25, -0.2) is 9.37 Å². The molecular weight excluding hydrogens is 277 g/mol. The second-order valence-corrected chi connectivity index (χ2v) is 5.08. The van der Waals surface area contributed by atoms with Gasteiger partial charge in [-0.3, -0.25) is 0 Å². The fraction of sp³-hybridized carbons (Fsp3) is 0.133. The van der Waals surface area contributed by atoms with Gasteiger partial charge in [0.2, 0.25) is 0 Å². The first-order valence-corrected chi connectivity index (χ1v) is 6.59. The minimum absolute atomic E-state index is 0.341. The smallest absolute Gasteiger partial charge is 0.143 e. The van der Waals surface area contributed by atoms with Crippen molar-refractivity contribution in [2.45, 2.75) is 6.54 Å². The van der Waals surface area contributed by atoms with Gasteiger partial charge in [-0.2, -0.15) is 0 Å². The third-order valence-electron chi connectivity index (χ3n) is 3.35. The van der Waals surface area contributed by atoms with Crippen LogP contribution < -0.4 is 5.73 Å². The Hall–Kier alpha value is -1.91. The Morgan fingerprint density at radius 1 is 1.25 bits per heavy atom. The molecule has 0 bridgehead atoms. The molecule has 0 spiro atoms. The number of fused-ring (bicyclic) bond motifs is 1. The monoisotopic (exact) mass is 289 g/mol. The highest BCUT2D eigenvalue weighted by atomic mass is 35.5. The number of nitrogens with zero attached hydrogens (tertiary/aromatic N) is 2. The normalized spacial score (nSPS) is 11.2. The molecule has 3 nitrogen and oxygen atoms in total. The van der Waals surface area contributed by atoms with Gasteiger partial charge in [-0.1, -0.05) is 17.7 Å². The van der Waals surface area contributed by atoms with E-state index < -0.39 is 0 Å². The van der Waals surface area contributed by atoms with Crippen LogP contribution in [0.2, 0.25) is 5.02 Å². The minimum Gasteiger partial charge on any atom is -0.327 e. The lowest BCUT2D eigenvalue weighted by Crippen LogP contribution is -1.96. The quantitative estimate of drug-likeness (QED) is 0.785. The molecule has 0 unspecified atom stereocenters. The summed E-state index contributed by atoms with van der Waals surface area (Å²) >= 11 is 5.95. The third-order valence-corrected chi connectivity index (χ3v) is 3.59. The minimum atomic E-state index is -0.341. The first-order valence-electron chi connectivity index (χ1n) is 6.21. The van der Waals surface area contributed by atoms with Crippen molar-refractivity contribution in [3.8, 4) is 11.4 Å². The number of hydrogen-bond donors (Lipinski definition) is 1. The van der Waals surface area contributed by atoms with Crippen LogP contribution in [0.1, 0.15) is 5.56 Å². The number of hydrogen-bond acceptors (Lipinski definition) is 2. The lowest BCUT2D eigenvalue weighted by atomic mass is 10.2. The van der Waals surface area contributed by atoms with E-state index in [9.17, 15) is 4.39 Å². The van der Waals surface area contributed by atoms with Crippen LogP contribution in [0, 0.1) is 5.82 Å². The van der Waals surface area contributed by atoms with Gasteiger partial charge in [0.1, 0.15) is 11.6 Å². The Bertz CT molecular complexity index is 795. The van der Waals surface area contributed by atoms with Crippen LogP contribution in [0.4, 0.5) is 4.39 Å². The molecule has 0 aliphatic rings. The van der Waals surface area contributed by atoms with E-state index in [-0.39, 0.29) is 5.82 Å². The van der Waals surface area contributed by atoms with E-state index in [2.05, 4.69) is 4.98 Å². The highest BCUT2D eigenvalue weighted by molar-refractivity contribution is 6.30. The highest BCUT2D eigenvalue weighted by Crippen LogP contribution is 2.28. The molecule has 0 aliphatic heterocycles. The second-order valence-electron chi connectivity index (χ2n) is 4.65. The number of imidazole rings is 1. The van der Waals surface area contributed by atoms with Crippen LogP contribution in [-0.4, -0.2) is 9.55 Å². The van der Waals surface area contributed by atoms with E-state index in [1.165, 1.54) is 12.1 Å². The molecule has 5 heteroatoms. The van der Waals surface area contributed by atoms with E-state index >= 15 is 0 Å². The first kappa shape index (κ1) is 13.1. The molecule has 20 heavy (non-hydrogen) atoms. The van der Waals surface area contributed by atoms with Gasteiger partial charge in [0.25, 0.3) is 0 Å². The predicted octanol–water partition coefficient (Wildman–Crippen LogP) is 3.49. The van der Waals surface area contributed by atoms with Crippen molar-refractivity contribution in [1.29, 1.82) is 0 Å². The number of benzene rings is 2. The molecule has 1 heterocycles. The van der Waals surface area contributed by atoms with Crippen LogP contribution in [0.15, 0.2) is 36.4 Å². The van der Waals surface area contributed by atoms with Crippen LogP contribution in [0.5, 0.6) is 0 Å². The highest BCUT2D eigenvalue weighted by Gasteiger charge is 2.14. The first-order chi connectivity index (χ1) is 9.60. The average Bonchev–Trinajstić information content (AvgIpc) is 2.78. The SMILES string of the molecule is Cn1c(-c2cc(Cl)ccc2F)nc2cc(CN)ccc21. The van der Waals surface area contributed by atoms with Crippen molar-refractivity contribution >= 4 is 22.6 Å². The van der Waals surface area contributed by atoms with Gasteiger partial charge in [0.15, 0.2) is 0 Å². The van der Waals surface area contributed by atoms with E-state index in [0.29, 0.717) is 23.0 Å². The average molecular weight is 290 g/mol. The summed E-state index contributed by atoms with van der Waals surface area (Å²) < 4.78 is 15.8. The summed E-state index contributed by atoms with van der Waals surface area (Å²) in [5, 5.41) is 0.483. The van der Waals surface area contributed by atoms with Crippen molar-refractivity contribution in [2.24, 2.45) is 12.8 Å². The topological polar surface area (TPSA) is 43.8 Å². The van der Waals surface area contributed by atoms with Gasteiger partial charge >= 0.3 is 0 Å². The Kier molecular flexibility index (Phi) is 3.20. The van der Waals surface area contributed by atoms with E-state index in [1.807, 2.05) is 29.8 Å². The molecule has 0 amide bonds. The molecule has 2 aromatic carbocycles. The van der Waals surface area contributed by atoms with Crippen molar-refractivity contribution in [2.75, 3.05) is 0 Å². The number of aromatic nitrogens is 2. The van der Waals surface area contributed by atoms with E-state index in [1.54, 1.807) is 6.07 Å². The molecule has 1 aromatic heterocycles. The Labute approximate surface area is 120 Å². The maximum Gasteiger partial charge on any atom is 0.143 e. The van der Waals surface area contributed by atoms with Gasteiger partial charge in [0.05, 0.1) is 16.6 Å². The maximum atomic E-state index is 14.0. The zero-order chi connectivity index (χ0) is 14.3. The zero-order valence-electron chi connectivity index (χ0n) is 10.9. The van der Waals surface area contributed by atoms with Crippen LogP contribution in [-0.2, 0) is 13.6 Å². The Morgan fingerprint density at radius 3 is 2.80 bits per heavy atom. The Balaban J connectivity index is 2.26. The fourth-order valence-electron chi connectivity index (χ4n) is 2.28. The summed E-state index contributed by atoms with van der Waals surface area (Å²) in [6, 6.07) is 10.3. The van der Waals surface area contributed by atoms with Crippen molar-refractivity contribution in [3.63, 3.8) is 0 Å². The second kappa shape index (κ2) is 4.89. The predicted molar refractivity (Wildman–Crippen MR) is 79.0 cm³/mol. The number of aryl methyl sites for hydroxylation is 1. The molecule has 2 N–H and O–H groups in total. The van der Waals surface area contributed by atoms with Crippen molar-refractivity contribution < 1.29 is 4.39 Å². The largest absolute Gasteiger partial charge is 0.327 e. The van der Waals surface area contributed by atoms with E-state index in [0.717, 1.165) is 16.6 Å². The number of halogens is 2. The molecule has 0 saturated carbocycles. The molecule has 102 valence electrons. The van der Waals surface area contributed by atoms with Crippen LogP contribution in [0.25, 0.3) is 22.4 Å². The van der Waals surface area contributed by atoms with Gasteiger partial charge in [-0.15, -0.1) is 0 Å². The van der Waals surface area contributed by atoms with Gasteiger partial charge in [-0.05, 0) is 35.9 Å². The maximum absolute atomic E-state index is 14.0. The summed E-state index contributed by atoms with van der Waals surface area (Å²) in [7, 11) is 1.85. The molecule has 0 saturated heterocycles. The fourth-order valence-corrected chi connectivity index (χ4v) is 2.45. The number of rotatable bonds is 2. The summed E-state index contributed by atoms with van der Waals surface area (Å²) in [5.41, 5.74) is 8.74. The van der Waals surface area contributed by atoms with Gasteiger partial charge in [0, 0.05) is 18.6 Å². The van der Waals surface area contributed by atoms with Crippen molar-refractivity contribution in [1.82, 2.24) is 9.55 Å². The summed E-state index contributed by atoms with van der Waals surface area (Å²) in [6.45, 7) is 0.452. The molecule has 0 atom stereocenters. The molecular formula is C15H13ClFN3. The Morgan fingerprint density at radius 2 is 2.05 bits per heavy atom. The summed E-state index contributed by atoms with van der Waals surface area (Å²) in [6.07, 6.45) is 0. The molecule has 3 aromatic rings. The van der Waals surface area contributed by atoms with Crippen LogP contribution in [0.3, 0.4) is 0 Å². The number of nitrogens with two attached hydrogens (primary N) is 1. The van der Waals surface area contributed by atoms with Crippen molar-refractivity contribution in [3.05, 3.63) is 52.8 Å². The summed E-state index contributed by atoms with van der Waals surface area (Å²) in [4.78, 5) is 4.50. The molecule has 3 rings (SSSR count). The molecule has 0 aliphatic carbocycles.